The molecule has 20 heavy (non-hydrogen) atoms. The number of ether oxygens (including phenoxy) is 1. The minimum absolute atomic E-state index is 0. The first-order valence-corrected chi connectivity index (χ1v) is 6.87. The number of amides is 1. The number of hydrogen-bond donors (Lipinski definition) is 2. The topological polar surface area (TPSA) is 50.4 Å². The highest BCUT2D eigenvalue weighted by atomic mass is 35.5. The van der Waals surface area contributed by atoms with Gasteiger partial charge in [0.25, 0.3) is 0 Å². The van der Waals surface area contributed by atoms with Gasteiger partial charge < -0.3 is 15.4 Å². The van der Waals surface area contributed by atoms with Gasteiger partial charge in [-0.2, -0.15) is 0 Å². The number of carbonyl (C=O) groups is 1. The molecule has 0 radical (unpaired) electrons. The highest BCUT2D eigenvalue weighted by Gasteiger charge is 2.21. The Morgan fingerprint density at radius 3 is 2.65 bits per heavy atom. The van der Waals surface area contributed by atoms with Gasteiger partial charge in [0.2, 0.25) is 5.91 Å². The molecule has 0 aliphatic carbocycles. The number of hydrogen-bond acceptors (Lipinski definition) is 3. The largest absolute Gasteiger partial charge is 0.492 e. The lowest BCUT2D eigenvalue weighted by Crippen LogP contribution is -2.41. The number of rotatable bonds is 5. The third-order valence-corrected chi connectivity index (χ3v) is 3.24. The quantitative estimate of drug-likeness (QED) is 0.817. The maximum Gasteiger partial charge on any atom is 0.237 e. The molecule has 1 atom stereocenters. The van der Waals surface area contributed by atoms with Crippen LogP contribution >= 0.6 is 12.4 Å². The fraction of sp³-hybridized carbons (Fsp3) is 0.533. The maximum atomic E-state index is 11.7. The number of benzene rings is 1. The third-order valence-electron chi connectivity index (χ3n) is 3.24. The van der Waals surface area contributed by atoms with Crippen molar-refractivity contribution in [3.63, 3.8) is 0 Å². The van der Waals surface area contributed by atoms with Crippen molar-refractivity contribution in [2.45, 2.75) is 32.7 Å². The molecule has 5 heteroatoms. The van der Waals surface area contributed by atoms with Gasteiger partial charge in [-0.3, -0.25) is 4.79 Å². The molecule has 1 saturated heterocycles. The van der Waals surface area contributed by atoms with Gasteiger partial charge in [-0.25, -0.2) is 0 Å². The summed E-state index contributed by atoms with van der Waals surface area (Å²) in [5.41, 5.74) is 2.38. The second-order valence-corrected chi connectivity index (χ2v) is 5.11. The van der Waals surface area contributed by atoms with E-state index in [2.05, 4.69) is 16.7 Å². The van der Waals surface area contributed by atoms with Gasteiger partial charge in [0.1, 0.15) is 12.4 Å². The van der Waals surface area contributed by atoms with E-state index < -0.39 is 0 Å². The summed E-state index contributed by atoms with van der Waals surface area (Å²) in [6.07, 6.45) is 2.01. The Kier molecular flexibility index (Phi) is 6.82. The molecule has 1 aliphatic heterocycles. The fourth-order valence-electron chi connectivity index (χ4n) is 2.39. The Balaban J connectivity index is 0.00000200. The molecule has 1 aromatic carbocycles. The predicted molar refractivity (Wildman–Crippen MR) is 82.7 cm³/mol. The van der Waals surface area contributed by atoms with Crippen LogP contribution < -0.4 is 15.4 Å². The zero-order valence-electron chi connectivity index (χ0n) is 12.1. The highest BCUT2D eigenvalue weighted by Crippen LogP contribution is 2.15. The molecular weight excluding hydrogens is 276 g/mol. The van der Waals surface area contributed by atoms with Gasteiger partial charge in [-0.05, 0) is 56.5 Å². The average molecular weight is 299 g/mol. The van der Waals surface area contributed by atoms with Crippen molar-refractivity contribution < 1.29 is 9.53 Å². The first-order valence-electron chi connectivity index (χ1n) is 6.87. The summed E-state index contributed by atoms with van der Waals surface area (Å²) in [4.78, 5) is 11.7. The monoisotopic (exact) mass is 298 g/mol. The average Bonchev–Trinajstić information content (AvgIpc) is 2.87. The van der Waals surface area contributed by atoms with Crippen LogP contribution in [0.25, 0.3) is 0 Å². The SMILES string of the molecule is Cc1cc(C)cc(OCCNC(=O)C2CCCN2)c1.Cl. The molecule has 0 saturated carbocycles. The van der Waals surface area contributed by atoms with Crippen LogP contribution in [0.3, 0.4) is 0 Å². The molecule has 2 N–H and O–H groups in total. The van der Waals surface area contributed by atoms with Crippen LogP contribution in [0.1, 0.15) is 24.0 Å². The number of carbonyl (C=O) groups excluding carboxylic acids is 1. The van der Waals surface area contributed by atoms with E-state index >= 15 is 0 Å². The normalized spacial score (nSPS) is 17.4. The fourth-order valence-corrected chi connectivity index (χ4v) is 2.39. The first-order chi connectivity index (χ1) is 9.15. The van der Waals surface area contributed by atoms with Crippen LogP contribution in [0, 0.1) is 13.8 Å². The Morgan fingerprint density at radius 1 is 1.35 bits per heavy atom. The van der Waals surface area contributed by atoms with Crippen LogP contribution in [0.5, 0.6) is 5.75 Å². The van der Waals surface area contributed by atoms with Crippen molar-refractivity contribution in [1.29, 1.82) is 0 Å². The summed E-state index contributed by atoms with van der Waals surface area (Å²) in [5, 5.41) is 6.07. The molecule has 4 nitrogen and oxygen atoms in total. The smallest absolute Gasteiger partial charge is 0.237 e. The number of nitrogens with one attached hydrogen (secondary N) is 2. The van der Waals surface area contributed by atoms with Gasteiger partial charge in [-0.1, -0.05) is 6.07 Å². The van der Waals surface area contributed by atoms with E-state index in [1.54, 1.807) is 0 Å². The molecule has 1 aliphatic rings. The minimum Gasteiger partial charge on any atom is -0.492 e. The van der Waals surface area contributed by atoms with Crippen LogP contribution in [0.4, 0.5) is 0 Å². The number of halogens is 1. The number of aryl methyl sites for hydroxylation is 2. The third kappa shape index (κ3) is 5.02. The Hall–Kier alpha value is -1.26. The molecule has 112 valence electrons. The van der Waals surface area contributed by atoms with Crippen LogP contribution in [0.15, 0.2) is 18.2 Å². The molecule has 1 amide bonds. The summed E-state index contributed by atoms with van der Waals surface area (Å²) >= 11 is 0. The molecule has 0 aromatic heterocycles. The van der Waals surface area contributed by atoms with E-state index in [0.29, 0.717) is 13.2 Å². The highest BCUT2D eigenvalue weighted by molar-refractivity contribution is 5.85. The van der Waals surface area contributed by atoms with E-state index in [1.165, 1.54) is 11.1 Å². The molecule has 1 fully saturated rings. The lowest BCUT2D eigenvalue weighted by molar-refractivity contribution is -0.122. The van der Waals surface area contributed by atoms with Crippen molar-refractivity contribution in [2.75, 3.05) is 19.7 Å². The molecule has 1 unspecified atom stereocenters. The van der Waals surface area contributed by atoms with Crippen LogP contribution in [0.2, 0.25) is 0 Å². The predicted octanol–water partition coefficient (Wildman–Crippen LogP) is 1.97. The zero-order chi connectivity index (χ0) is 13.7. The molecule has 2 rings (SSSR count). The van der Waals surface area contributed by atoms with E-state index in [4.69, 9.17) is 4.74 Å². The van der Waals surface area contributed by atoms with Crippen molar-refractivity contribution in [3.8, 4) is 5.75 Å². The minimum atomic E-state index is -0.0128. The molecule has 0 spiro atoms. The summed E-state index contributed by atoms with van der Waals surface area (Å²) < 4.78 is 5.65. The lowest BCUT2D eigenvalue weighted by Gasteiger charge is -2.12. The molecule has 0 bridgehead atoms. The second kappa shape index (κ2) is 8.12. The van der Waals surface area contributed by atoms with Crippen LogP contribution in [-0.2, 0) is 4.79 Å². The van der Waals surface area contributed by atoms with E-state index in [1.807, 2.05) is 26.0 Å². The van der Waals surface area contributed by atoms with Gasteiger partial charge in [0, 0.05) is 0 Å². The Morgan fingerprint density at radius 2 is 2.05 bits per heavy atom. The van der Waals surface area contributed by atoms with E-state index in [-0.39, 0.29) is 24.4 Å². The van der Waals surface area contributed by atoms with Crippen molar-refractivity contribution in [3.05, 3.63) is 29.3 Å². The van der Waals surface area contributed by atoms with Crippen molar-refractivity contribution in [1.82, 2.24) is 10.6 Å². The maximum absolute atomic E-state index is 11.7. The first kappa shape index (κ1) is 16.8. The molecular formula is C15H23ClN2O2. The van der Waals surface area contributed by atoms with Gasteiger partial charge >= 0.3 is 0 Å². The van der Waals surface area contributed by atoms with E-state index in [9.17, 15) is 4.79 Å². The van der Waals surface area contributed by atoms with Gasteiger partial charge in [0.15, 0.2) is 0 Å². The standard InChI is InChI=1S/C15H22N2O2.ClH/c1-11-8-12(2)10-13(9-11)19-7-6-17-15(18)14-4-3-5-16-14;/h8-10,14,16H,3-7H2,1-2H3,(H,17,18);1H. The van der Waals surface area contributed by atoms with Crippen LogP contribution in [-0.4, -0.2) is 31.6 Å². The molecule has 1 heterocycles. The zero-order valence-corrected chi connectivity index (χ0v) is 12.9. The Bertz CT molecular complexity index is 425. The van der Waals surface area contributed by atoms with Crippen molar-refractivity contribution >= 4 is 18.3 Å². The summed E-state index contributed by atoms with van der Waals surface area (Å²) in [6.45, 7) is 6.09. The van der Waals surface area contributed by atoms with Gasteiger partial charge in [0.05, 0.1) is 12.6 Å². The summed E-state index contributed by atoms with van der Waals surface area (Å²) in [6, 6.07) is 6.11. The second-order valence-electron chi connectivity index (χ2n) is 5.11. The Labute approximate surface area is 126 Å². The lowest BCUT2D eigenvalue weighted by atomic mass is 10.1. The summed E-state index contributed by atoms with van der Waals surface area (Å²) in [7, 11) is 0. The van der Waals surface area contributed by atoms with Gasteiger partial charge in [-0.15, -0.1) is 12.4 Å². The van der Waals surface area contributed by atoms with E-state index in [0.717, 1.165) is 25.1 Å². The van der Waals surface area contributed by atoms with Crippen molar-refractivity contribution in [2.24, 2.45) is 0 Å². The molecule has 1 aromatic rings. The summed E-state index contributed by atoms with van der Waals surface area (Å²) in [5.74, 6) is 0.951.